The second-order valence-corrected chi connectivity index (χ2v) is 6.72. The van der Waals surface area contributed by atoms with Crippen LogP contribution in [0.4, 0.5) is 8.78 Å². The molecule has 0 aromatic heterocycles. The first kappa shape index (κ1) is 19.0. The Balaban J connectivity index is 1.63. The monoisotopic (exact) mass is 373 g/mol. The van der Waals surface area contributed by atoms with Crippen LogP contribution in [0, 0.1) is 11.6 Å². The topological polar surface area (TPSA) is 84.2 Å². The van der Waals surface area contributed by atoms with Crippen LogP contribution in [-0.2, 0) is 11.3 Å². The van der Waals surface area contributed by atoms with E-state index in [1.807, 2.05) is 0 Å². The molecule has 0 bridgehead atoms. The van der Waals surface area contributed by atoms with E-state index < -0.39 is 23.6 Å². The predicted octanol–water partition coefficient (Wildman–Crippen LogP) is 2.56. The highest BCUT2D eigenvalue weighted by molar-refractivity contribution is 5.94. The molecule has 2 aromatic rings. The number of carbonyl (C=O) groups is 2. The van der Waals surface area contributed by atoms with E-state index >= 15 is 0 Å². The molecule has 1 unspecified atom stereocenters. The summed E-state index contributed by atoms with van der Waals surface area (Å²) in [4.78, 5) is 23.8. The molecular formula is C20H21F2N3O2. The van der Waals surface area contributed by atoms with Crippen molar-refractivity contribution in [2.75, 3.05) is 0 Å². The van der Waals surface area contributed by atoms with Crippen LogP contribution in [0.2, 0.25) is 0 Å². The molecule has 1 fully saturated rings. The van der Waals surface area contributed by atoms with Gasteiger partial charge in [-0.15, -0.1) is 0 Å². The maximum atomic E-state index is 13.4. The summed E-state index contributed by atoms with van der Waals surface area (Å²) in [6, 6.07) is 9.02. The smallest absolute Gasteiger partial charge is 0.251 e. The second kappa shape index (κ2) is 8.26. The van der Waals surface area contributed by atoms with Crippen LogP contribution in [0.3, 0.4) is 0 Å². The van der Waals surface area contributed by atoms with Crippen LogP contribution in [-0.4, -0.2) is 17.9 Å². The van der Waals surface area contributed by atoms with Crippen molar-refractivity contribution in [1.82, 2.24) is 10.6 Å². The highest BCUT2D eigenvalue weighted by atomic mass is 19.1. The largest absolute Gasteiger partial charge is 0.368 e. The molecule has 2 amide bonds. The van der Waals surface area contributed by atoms with Crippen LogP contribution >= 0.6 is 0 Å². The number of nitrogens with two attached hydrogens (primary N) is 1. The van der Waals surface area contributed by atoms with Crippen molar-refractivity contribution in [2.45, 2.75) is 37.9 Å². The number of hydrogen-bond donors (Lipinski definition) is 3. The fourth-order valence-electron chi connectivity index (χ4n) is 2.94. The molecule has 0 aliphatic heterocycles. The van der Waals surface area contributed by atoms with Crippen molar-refractivity contribution < 1.29 is 18.4 Å². The zero-order chi connectivity index (χ0) is 19.4. The molecule has 3 rings (SSSR count). The Morgan fingerprint density at radius 3 is 2.22 bits per heavy atom. The second-order valence-electron chi connectivity index (χ2n) is 6.72. The summed E-state index contributed by atoms with van der Waals surface area (Å²) in [5.74, 6) is -2.40. The van der Waals surface area contributed by atoms with Crippen molar-refractivity contribution in [3.8, 4) is 0 Å². The molecule has 1 aliphatic carbocycles. The first-order chi connectivity index (χ1) is 12.9. The van der Waals surface area contributed by atoms with E-state index in [1.165, 1.54) is 0 Å². The van der Waals surface area contributed by atoms with Gasteiger partial charge in [0, 0.05) is 24.2 Å². The average Bonchev–Trinajstić information content (AvgIpc) is 2.57. The third-order valence-electron chi connectivity index (χ3n) is 4.67. The number of primary amides is 1. The lowest BCUT2D eigenvalue weighted by Crippen LogP contribution is -2.39. The molecule has 0 radical (unpaired) electrons. The van der Waals surface area contributed by atoms with Gasteiger partial charge in [0.1, 0.15) is 17.7 Å². The molecule has 142 valence electrons. The first-order valence-electron chi connectivity index (χ1n) is 8.81. The van der Waals surface area contributed by atoms with Crippen molar-refractivity contribution >= 4 is 11.8 Å². The number of halogens is 2. The van der Waals surface area contributed by atoms with E-state index in [0.717, 1.165) is 43.0 Å². The summed E-state index contributed by atoms with van der Waals surface area (Å²) in [6.45, 7) is 0.246. The SMILES string of the molecule is NC(=O)C(NCc1ccc(C(=O)NC2CCC2)cc1)c1cc(F)cc(F)c1. The zero-order valence-corrected chi connectivity index (χ0v) is 14.7. The van der Waals surface area contributed by atoms with Crippen molar-refractivity contribution in [2.24, 2.45) is 5.73 Å². The number of hydrogen-bond acceptors (Lipinski definition) is 3. The Hall–Kier alpha value is -2.80. The minimum absolute atomic E-state index is 0.107. The molecule has 1 atom stereocenters. The van der Waals surface area contributed by atoms with E-state index in [0.29, 0.717) is 5.56 Å². The predicted molar refractivity (Wildman–Crippen MR) is 96.7 cm³/mol. The van der Waals surface area contributed by atoms with E-state index in [9.17, 15) is 18.4 Å². The number of benzene rings is 2. The average molecular weight is 373 g/mol. The summed E-state index contributed by atoms with van der Waals surface area (Å²) in [6.07, 6.45) is 3.18. The van der Waals surface area contributed by atoms with Crippen LogP contribution in [0.15, 0.2) is 42.5 Å². The molecule has 0 spiro atoms. The lowest BCUT2D eigenvalue weighted by atomic mass is 9.93. The van der Waals surface area contributed by atoms with Gasteiger partial charge >= 0.3 is 0 Å². The van der Waals surface area contributed by atoms with Crippen LogP contribution < -0.4 is 16.4 Å². The standard InChI is InChI=1S/C20H21F2N3O2/c21-15-8-14(9-16(22)10-15)18(19(23)26)24-11-12-4-6-13(7-5-12)20(27)25-17-2-1-3-17/h4-10,17-18,24H,1-3,11H2,(H2,23,26)(H,25,27). The Morgan fingerprint density at radius 1 is 1.07 bits per heavy atom. The van der Waals surface area contributed by atoms with Crippen LogP contribution in [0.25, 0.3) is 0 Å². The number of nitrogens with one attached hydrogen (secondary N) is 2. The van der Waals surface area contributed by atoms with Gasteiger partial charge in [0.25, 0.3) is 5.91 Å². The van der Waals surface area contributed by atoms with E-state index in [2.05, 4.69) is 10.6 Å². The van der Waals surface area contributed by atoms with Gasteiger partial charge in [0.15, 0.2) is 0 Å². The molecule has 2 aromatic carbocycles. The maximum absolute atomic E-state index is 13.4. The molecule has 1 saturated carbocycles. The Bertz CT molecular complexity index is 815. The van der Waals surface area contributed by atoms with Gasteiger partial charge in [0.05, 0.1) is 0 Å². The Kier molecular flexibility index (Phi) is 5.81. The van der Waals surface area contributed by atoms with E-state index in [-0.39, 0.29) is 24.1 Å². The highest BCUT2D eigenvalue weighted by Crippen LogP contribution is 2.19. The Labute approximate surface area is 155 Å². The van der Waals surface area contributed by atoms with Crippen LogP contribution in [0.5, 0.6) is 0 Å². The lowest BCUT2D eigenvalue weighted by molar-refractivity contribution is -0.120. The summed E-state index contributed by atoms with van der Waals surface area (Å²) in [7, 11) is 0. The molecule has 4 N–H and O–H groups in total. The lowest BCUT2D eigenvalue weighted by Gasteiger charge is -2.26. The van der Waals surface area contributed by atoms with Gasteiger partial charge in [-0.05, 0) is 54.7 Å². The molecular weight excluding hydrogens is 352 g/mol. The first-order valence-corrected chi connectivity index (χ1v) is 8.81. The third kappa shape index (κ3) is 4.89. The normalized spacial score (nSPS) is 15.0. The summed E-state index contributed by atoms with van der Waals surface area (Å²) < 4.78 is 26.8. The summed E-state index contributed by atoms with van der Waals surface area (Å²) >= 11 is 0. The van der Waals surface area contributed by atoms with E-state index in [1.54, 1.807) is 24.3 Å². The van der Waals surface area contributed by atoms with Crippen LogP contribution in [0.1, 0.15) is 46.8 Å². The minimum atomic E-state index is -1.03. The summed E-state index contributed by atoms with van der Waals surface area (Å²) in [5.41, 5.74) is 6.85. The molecule has 27 heavy (non-hydrogen) atoms. The summed E-state index contributed by atoms with van der Waals surface area (Å²) in [5, 5.41) is 5.86. The molecule has 7 heteroatoms. The zero-order valence-electron chi connectivity index (χ0n) is 14.7. The van der Waals surface area contributed by atoms with Gasteiger partial charge in [-0.2, -0.15) is 0 Å². The molecule has 1 aliphatic rings. The fraction of sp³-hybridized carbons (Fsp3) is 0.300. The van der Waals surface area contributed by atoms with Crippen molar-refractivity contribution in [1.29, 1.82) is 0 Å². The molecule has 0 saturated heterocycles. The van der Waals surface area contributed by atoms with Gasteiger partial charge in [-0.25, -0.2) is 8.78 Å². The fourth-order valence-corrected chi connectivity index (χ4v) is 2.94. The van der Waals surface area contributed by atoms with Gasteiger partial charge in [0.2, 0.25) is 5.91 Å². The number of rotatable bonds is 7. The quantitative estimate of drug-likeness (QED) is 0.697. The molecule has 0 heterocycles. The number of amides is 2. The highest BCUT2D eigenvalue weighted by Gasteiger charge is 2.21. The van der Waals surface area contributed by atoms with Gasteiger partial charge in [-0.1, -0.05) is 12.1 Å². The van der Waals surface area contributed by atoms with Crippen molar-refractivity contribution in [3.63, 3.8) is 0 Å². The van der Waals surface area contributed by atoms with Crippen molar-refractivity contribution in [3.05, 3.63) is 70.8 Å². The maximum Gasteiger partial charge on any atom is 0.251 e. The van der Waals surface area contributed by atoms with Gasteiger partial charge in [-0.3, -0.25) is 14.9 Å². The molecule has 5 nitrogen and oxygen atoms in total. The third-order valence-corrected chi connectivity index (χ3v) is 4.67. The number of carbonyl (C=O) groups excluding carboxylic acids is 2. The minimum Gasteiger partial charge on any atom is -0.368 e. The van der Waals surface area contributed by atoms with Gasteiger partial charge < -0.3 is 11.1 Å². The van der Waals surface area contributed by atoms with E-state index in [4.69, 9.17) is 5.73 Å². The Morgan fingerprint density at radius 2 is 1.70 bits per heavy atom.